The lowest BCUT2D eigenvalue weighted by Crippen LogP contribution is -3.08. The van der Waals surface area contributed by atoms with Crippen molar-refractivity contribution >= 4 is 34.0 Å². The van der Waals surface area contributed by atoms with Crippen LogP contribution in [0.25, 0.3) is 0 Å². The van der Waals surface area contributed by atoms with Crippen molar-refractivity contribution in [3.05, 3.63) is 51.4 Å². The van der Waals surface area contributed by atoms with E-state index in [-0.39, 0.29) is 30.4 Å². The van der Waals surface area contributed by atoms with E-state index in [1.165, 1.54) is 18.1 Å². The van der Waals surface area contributed by atoms with Gasteiger partial charge in [0.1, 0.15) is 11.5 Å². The Morgan fingerprint density at radius 3 is 2.46 bits per heavy atom. The summed E-state index contributed by atoms with van der Waals surface area (Å²) < 4.78 is 5.10. The fourth-order valence-corrected chi connectivity index (χ4v) is 4.13. The van der Waals surface area contributed by atoms with Gasteiger partial charge in [-0.1, -0.05) is 24.3 Å². The number of amides is 1. The lowest BCUT2D eigenvalue weighted by molar-refractivity contribution is -0.885. The molecule has 0 fully saturated rings. The molecule has 2 aromatic rings. The molecular weight excluding hydrogens is 376 g/mol. The van der Waals surface area contributed by atoms with Crippen molar-refractivity contribution in [2.75, 3.05) is 25.5 Å². The van der Waals surface area contributed by atoms with Crippen molar-refractivity contribution < 1.29 is 24.0 Å². The molecule has 2 rings (SSSR count). The first kappa shape index (κ1) is 21.8. The van der Waals surface area contributed by atoms with E-state index in [4.69, 9.17) is 4.74 Å². The zero-order valence-corrected chi connectivity index (χ0v) is 17.8. The molecule has 1 aromatic heterocycles. The third-order valence-corrected chi connectivity index (χ3v) is 5.72. The molecule has 2 N–H and O–H groups in total. The summed E-state index contributed by atoms with van der Waals surface area (Å²) in [6.45, 7) is 8.08. The van der Waals surface area contributed by atoms with E-state index in [0.717, 1.165) is 16.2 Å². The van der Waals surface area contributed by atoms with Gasteiger partial charge in [-0.3, -0.25) is 9.59 Å². The second-order valence-electron chi connectivity index (χ2n) is 6.82. The van der Waals surface area contributed by atoms with E-state index in [0.29, 0.717) is 22.0 Å². The van der Waals surface area contributed by atoms with Gasteiger partial charge in [0, 0.05) is 5.56 Å². The minimum absolute atomic E-state index is 0.143. The number of benzene rings is 1. The van der Waals surface area contributed by atoms with Crippen molar-refractivity contribution in [3.63, 3.8) is 0 Å². The topological polar surface area (TPSA) is 76.9 Å². The number of hydrogen-bond acceptors (Lipinski definition) is 5. The molecule has 1 amide bonds. The van der Waals surface area contributed by atoms with E-state index >= 15 is 0 Å². The van der Waals surface area contributed by atoms with Gasteiger partial charge in [-0.25, -0.2) is 4.79 Å². The maximum atomic E-state index is 12.6. The zero-order valence-electron chi connectivity index (χ0n) is 17.0. The highest BCUT2D eigenvalue weighted by molar-refractivity contribution is 7.18. The number of quaternary nitrogens is 1. The molecule has 0 aliphatic carbocycles. The number of anilines is 1. The molecule has 28 heavy (non-hydrogen) atoms. The number of Topliss-reactive ketones (excluding diaryl/α,β-unsaturated/α-hetero) is 1. The molecular formula is C21H27N2O4S+. The van der Waals surface area contributed by atoms with Crippen molar-refractivity contribution in [2.24, 2.45) is 0 Å². The van der Waals surface area contributed by atoms with Gasteiger partial charge in [0.05, 0.1) is 24.1 Å². The van der Waals surface area contributed by atoms with Crippen LogP contribution in [0.15, 0.2) is 24.3 Å². The van der Waals surface area contributed by atoms with Gasteiger partial charge in [-0.05, 0) is 38.8 Å². The highest BCUT2D eigenvalue weighted by Gasteiger charge is 2.25. The summed E-state index contributed by atoms with van der Waals surface area (Å²) in [6.07, 6.45) is 0. The summed E-state index contributed by atoms with van der Waals surface area (Å²) in [7, 11) is 1.94. The maximum Gasteiger partial charge on any atom is 0.341 e. The van der Waals surface area contributed by atoms with Crippen molar-refractivity contribution in [1.82, 2.24) is 0 Å². The average Bonchev–Trinajstić information content (AvgIpc) is 2.93. The van der Waals surface area contributed by atoms with Crippen LogP contribution in [-0.2, 0) is 16.1 Å². The number of aryl methyl sites for hydroxylation is 1. The van der Waals surface area contributed by atoms with Crippen LogP contribution in [0.1, 0.15) is 50.6 Å². The Kier molecular flexibility index (Phi) is 7.48. The quantitative estimate of drug-likeness (QED) is 0.524. The number of esters is 1. The summed E-state index contributed by atoms with van der Waals surface area (Å²) in [6, 6.07) is 8.08. The van der Waals surface area contributed by atoms with Crippen molar-refractivity contribution in [1.29, 1.82) is 0 Å². The van der Waals surface area contributed by atoms with Crippen LogP contribution in [0.5, 0.6) is 0 Å². The standard InChI is InChI=1S/C21H26N2O4S/c1-6-27-21(26)18-14(3)19(15(4)24)28-20(18)22-17(25)12-23(5)11-16-10-8-7-9-13(16)2/h7-10H,6,11-12H2,1-5H3,(H,22,25)/p+1. The number of rotatable bonds is 8. The van der Waals surface area contributed by atoms with Gasteiger partial charge in [-0.2, -0.15) is 0 Å². The lowest BCUT2D eigenvalue weighted by atomic mass is 10.1. The van der Waals surface area contributed by atoms with Gasteiger partial charge in [-0.15, -0.1) is 11.3 Å². The SMILES string of the molecule is CCOC(=O)c1c(NC(=O)C[NH+](C)Cc2ccccc2C)sc(C(C)=O)c1C. The minimum Gasteiger partial charge on any atom is -0.462 e. The van der Waals surface area contributed by atoms with Gasteiger partial charge < -0.3 is 15.0 Å². The van der Waals surface area contributed by atoms with E-state index in [1.54, 1.807) is 13.8 Å². The van der Waals surface area contributed by atoms with Crippen LogP contribution in [0.4, 0.5) is 5.00 Å². The average molecular weight is 404 g/mol. The van der Waals surface area contributed by atoms with Gasteiger partial charge in [0.2, 0.25) is 0 Å². The maximum absolute atomic E-state index is 12.6. The van der Waals surface area contributed by atoms with Crippen LogP contribution in [0.3, 0.4) is 0 Å². The Morgan fingerprint density at radius 1 is 1.18 bits per heavy atom. The fraction of sp³-hybridized carbons (Fsp3) is 0.381. The summed E-state index contributed by atoms with van der Waals surface area (Å²) in [4.78, 5) is 38.2. The molecule has 1 unspecified atom stereocenters. The Labute approximate surface area is 169 Å². The number of thiophene rings is 1. The van der Waals surface area contributed by atoms with Gasteiger partial charge in [0.25, 0.3) is 5.91 Å². The molecule has 0 saturated carbocycles. The number of ketones is 1. The predicted molar refractivity (Wildman–Crippen MR) is 110 cm³/mol. The summed E-state index contributed by atoms with van der Waals surface area (Å²) in [5, 5.41) is 3.17. The van der Waals surface area contributed by atoms with Gasteiger partial charge in [0.15, 0.2) is 12.3 Å². The number of ether oxygens (including phenoxy) is 1. The summed E-state index contributed by atoms with van der Waals surface area (Å²) in [5.74, 6) is -0.886. The predicted octanol–water partition coefficient (Wildman–Crippen LogP) is 2.40. The number of hydrogen-bond donors (Lipinski definition) is 2. The van der Waals surface area contributed by atoms with E-state index in [2.05, 4.69) is 11.4 Å². The number of likely N-dealkylation sites (N-methyl/N-ethyl adjacent to an activating group) is 1. The van der Waals surface area contributed by atoms with Crippen LogP contribution in [-0.4, -0.2) is 37.9 Å². The molecule has 0 spiro atoms. The minimum atomic E-state index is -0.528. The summed E-state index contributed by atoms with van der Waals surface area (Å²) >= 11 is 1.12. The van der Waals surface area contributed by atoms with E-state index in [9.17, 15) is 14.4 Å². The van der Waals surface area contributed by atoms with Crippen LogP contribution in [0, 0.1) is 13.8 Å². The third kappa shape index (κ3) is 5.27. The molecule has 1 aromatic carbocycles. The molecule has 6 nitrogen and oxygen atoms in total. The first-order valence-electron chi connectivity index (χ1n) is 9.21. The van der Waals surface area contributed by atoms with Crippen molar-refractivity contribution in [3.8, 4) is 0 Å². The van der Waals surface area contributed by atoms with Crippen LogP contribution < -0.4 is 10.2 Å². The normalized spacial score (nSPS) is 11.8. The third-order valence-electron chi connectivity index (χ3n) is 4.41. The molecule has 1 atom stereocenters. The molecule has 0 bridgehead atoms. The molecule has 150 valence electrons. The Morgan fingerprint density at radius 2 is 1.86 bits per heavy atom. The van der Waals surface area contributed by atoms with Crippen LogP contribution in [0.2, 0.25) is 0 Å². The number of nitrogens with one attached hydrogen (secondary N) is 2. The van der Waals surface area contributed by atoms with Crippen molar-refractivity contribution in [2.45, 2.75) is 34.2 Å². The second kappa shape index (κ2) is 9.61. The Hall–Kier alpha value is -2.51. The molecule has 1 heterocycles. The number of carbonyl (C=O) groups excluding carboxylic acids is 3. The highest BCUT2D eigenvalue weighted by atomic mass is 32.1. The smallest absolute Gasteiger partial charge is 0.341 e. The molecule has 7 heteroatoms. The number of carbonyl (C=O) groups is 3. The highest BCUT2D eigenvalue weighted by Crippen LogP contribution is 2.34. The first-order valence-corrected chi connectivity index (χ1v) is 10.0. The van der Waals surface area contributed by atoms with E-state index in [1.807, 2.05) is 32.2 Å². The second-order valence-corrected chi connectivity index (χ2v) is 7.84. The van der Waals surface area contributed by atoms with Crippen LogP contribution >= 0.6 is 11.3 Å². The lowest BCUT2D eigenvalue weighted by Gasteiger charge is -2.15. The largest absolute Gasteiger partial charge is 0.462 e. The molecule has 0 aliphatic heterocycles. The Bertz CT molecular complexity index is 889. The summed E-state index contributed by atoms with van der Waals surface area (Å²) in [5.41, 5.74) is 3.19. The molecule has 0 saturated heterocycles. The van der Waals surface area contributed by atoms with Gasteiger partial charge >= 0.3 is 5.97 Å². The monoisotopic (exact) mass is 403 g/mol. The molecule has 0 radical (unpaired) electrons. The molecule has 0 aliphatic rings. The van der Waals surface area contributed by atoms with E-state index < -0.39 is 5.97 Å². The Balaban J connectivity index is 2.14. The first-order chi connectivity index (χ1) is 13.2. The fourth-order valence-electron chi connectivity index (χ4n) is 3.03. The zero-order chi connectivity index (χ0) is 20.8.